The first kappa shape index (κ1) is 12.6. The summed E-state index contributed by atoms with van der Waals surface area (Å²) in [4.78, 5) is 13.4. The van der Waals surface area contributed by atoms with Gasteiger partial charge in [-0.25, -0.2) is 0 Å². The number of hydrogen-bond donors (Lipinski definition) is 0. The summed E-state index contributed by atoms with van der Waals surface area (Å²) in [6, 6.07) is 7.72. The van der Waals surface area contributed by atoms with Crippen LogP contribution in [0.3, 0.4) is 0 Å². The molecule has 0 saturated heterocycles. The molecule has 0 aromatic heterocycles. The second-order valence-corrected chi connectivity index (χ2v) is 3.97. The van der Waals surface area contributed by atoms with Crippen molar-refractivity contribution in [2.75, 3.05) is 19.0 Å². The molecule has 0 aliphatic carbocycles. The zero-order valence-electron chi connectivity index (χ0n) is 10.4. The highest BCUT2D eigenvalue weighted by Gasteiger charge is 2.12. The van der Waals surface area contributed by atoms with Crippen LogP contribution in [0, 0.1) is 0 Å². The molecule has 3 heteroatoms. The predicted octanol–water partition coefficient (Wildman–Crippen LogP) is 2.50. The number of benzene rings is 1. The van der Waals surface area contributed by atoms with Gasteiger partial charge in [0.05, 0.1) is 0 Å². The molecule has 0 N–H and O–H groups in total. The molecule has 1 aromatic carbocycles. The Morgan fingerprint density at radius 1 is 1.44 bits per heavy atom. The lowest BCUT2D eigenvalue weighted by molar-refractivity contribution is -0.124. The lowest BCUT2D eigenvalue weighted by atomic mass is 10.2. The van der Waals surface area contributed by atoms with E-state index >= 15 is 0 Å². The Morgan fingerprint density at radius 3 is 2.69 bits per heavy atom. The van der Waals surface area contributed by atoms with Gasteiger partial charge < -0.3 is 9.64 Å². The number of Topliss-reactive ketones (excluding diaryl/α,β-unsaturated/α-hetero) is 1. The van der Waals surface area contributed by atoms with Crippen LogP contribution in [-0.4, -0.2) is 26.0 Å². The van der Waals surface area contributed by atoms with Crippen molar-refractivity contribution in [1.82, 2.24) is 0 Å². The first-order valence-electron chi connectivity index (χ1n) is 5.51. The highest BCUT2D eigenvalue weighted by molar-refractivity contribution is 5.82. The summed E-state index contributed by atoms with van der Waals surface area (Å²) < 4.78 is 5.58. The molecular formula is C13H19NO2. The van der Waals surface area contributed by atoms with Gasteiger partial charge in [-0.2, -0.15) is 0 Å². The standard InChI is InChI=1S/C13H19NO2/c1-5-13(15)10(2)16-12-8-6-7-11(9-12)14(3)4/h6-10H,5H2,1-4H3. The molecule has 0 aliphatic rings. The van der Waals surface area contributed by atoms with Gasteiger partial charge in [0.15, 0.2) is 11.9 Å². The average molecular weight is 221 g/mol. The second kappa shape index (κ2) is 5.54. The number of carbonyl (C=O) groups excluding carboxylic acids is 1. The van der Waals surface area contributed by atoms with E-state index in [4.69, 9.17) is 4.74 Å². The molecule has 16 heavy (non-hydrogen) atoms. The summed E-state index contributed by atoms with van der Waals surface area (Å²) in [5.41, 5.74) is 1.06. The molecule has 0 spiro atoms. The summed E-state index contributed by atoms with van der Waals surface area (Å²) in [6.07, 6.45) is 0.136. The normalized spacial score (nSPS) is 12.0. The number of rotatable bonds is 5. The number of hydrogen-bond acceptors (Lipinski definition) is 3. The highest BCUT2D eigenvalue weighted by atomic mass is 16.5. The van der Waals surface area contributed by atoms with Crippen LogP contribution in [0.2, 0.25) is 0 Å². The molecule has 3 nitrogen and oxygen atoms in total. The van der Waals surface area contributed by atoms with E-state index in [2.05, 4.69) is 0 Å². The van der Waals surface area contributed by atoms with Gasteiger partial charge in [0, 0.05) is 32.3 Å². The maximum atomic E-state index is 11.4. The third-order valence-electron chi connectivity index (χ3n) is 2.45. The molecule has 0 saturated carbocycles. The van der Waals surface area contributed by atoms with Crippen molar-refractivity contribution in [1.29, 1.82) is 0 Å². The summed E-state index contributed by atoms with van der Waals surface area (Å²) in [7, 11) is 3.94. The minimum Gasteiger partial charge on any atom is -0.483 e. The molecule has 0 radical (unpaired) electrons. The Morgan fingerprint density at radius 2 is 2.12 bits per heavy atom. The Balaban J connectivity index is 2.74. The highest BCUT2D eigenvalue weighted by Crippen LogP contribution is 2.20. The number of ketones is 1. The van der Waals surface area contributed by atoms with Crippen molar-refractivity contribution in [2.45, 2.75) is 26.4 Å². The molecule has 0 heterocycles. The van der Waals surface area contributed by atoms with E-state index in [0.29, 0.717) is 6.42 Å². The minimum absolute atomic E-state index is 0.121. The van der Waals surface area contributed by atoms with Crippen LogP contribution in [0.5, 0.6) is 5.75 Å². The molecule has 88 valence electrons. The van der Waals surface area contributed by atoms with Crippen molar-refractivity contribution in [3.05, 3.63) is 24.3 Å². The first-order chi connectivity index (χ1) is 7.54. The Kier molecular flexibility index (Phi) is 4.35. The van der Waals surface area contributed by atoms with Crippen LogP contribution in [0.25, 0.3) is 0 Å². The van der Waals surface area contributed by atoms with Gasteiger partial charge >= 0.3 is 0 Å². The smallest absolute Gasteiger partial charge is 0.172 e. The summed E-state index contributed by atoms with van der Waals surface area (Å²) in [5, 5.41) is 0. The van der Waals surface area contributed by atoms with Gasteiger partial charge in [-0.15, -0.1) is 0 Å². The van der Waals surface area contributed by atoms with Gasteiger partial charge in [0.1, 0.15) is 5.75 Å². The van der Waals surface area contributed by atoms with E-state index in [1.54, 1.807) is 6.92 Å². The van der Waals surface area contributed by atoms with Crippen LogP contribution in [0.1, 0.15) is 20.3 Å². The van der Waals surface area contributed by atoms with E-state index in [1.165, 1.54) is 0 Å². The average Bonchev–Trinajstić information content (AvgIpc) is 2.28. The zero-order valence-corrected chi connectivity index (χ0v) is 10.4. The van der Waals surface area contributed by atoms with Crippen LogP contribution in [0.15, 0.2) is 24.3 Å². The molecule has 1 rings (SSSR count). The molecule has 0 aliphatic heterocycles. The fourth-order valence-corrected chi connectivity index (χ4v) is 1.39. The van der Waals surface area contributed by atoms with E-state index in [-0.39, 0.29) is 11.9 Å². The molecule has 1 unspecified atom stereocenters. The number of nitrogens with zero attached hydrogens (tertiary/aromatic N) is 1. The van der Waals surface area contributed by atoms with Crippen LogP contribution in [-0.2, 0) is 4.79 Å². The quantitative estimate of drug-likeness (QED) is 0.765. The van der Waals surface area contributed by atoms with Crippen molar-refractivity contribution in [3.8, 4) is 5.75 Å². The Hall–Kier alpha value is -1.51. The predicted molar refractivity (Wildman–Crippen MR) is 66.2 cm³/mol. The summed E-state index contributed by atoms with van der Waals surface area (Å²) in [6.45, 7) is 3.63. The van der Waals surface area contributed by atoms with E-state index in [1.807, 2.05) is 50.2 Å². The van der Waals surface area contributed by atoms with Gasteiger partial charge in [-0.05, 0) is 19.1 Å². The van der Waals surface area contributed by atoms with Crippen LogP contribution >= 0.6 is 0 Å². The van der Waals surface area contributed by atoms with Crippen LogP contribution in [0.4, 0.5) is 5.69 Å². The fraction of sp³-hybridized carbons (Fsp3) is 0.462. The third kappa shape index (κ3) is 3.26. The lowest BCUT2D eigenvalue weighted by Gasteiger charge is -2.16. The molecular weight excluding hydrogens is 202 g/mol. The molecule has 0 amide bonds. The molecule has 0 fully saturated rings. The van der Waals surface area contributed by atoms with Gasteiger partial charge in [-0.1, -0.05) is 13.0 Å². The topological polar surface area (TPSA) is 29.5 Å². The Labute approximate surface area is 97.0 Å². The fourth-order valence-electron chi connectivity index (χ4n) is 1.39. The maximum Gasteiger partial charge on any atom is 0.172 e. The van der Waals surface area contributed by atoms with Crippen molar-refractivity contribution in [2.24, 2.45) is 0 Å². The SMILES string of the molecule is CCC(=O)C(C)Oc1cccc(N(C)C)c1. The largest absolute Gasteiger partial charge is 0.483 e. The molecule has 1 atom stereocenters. The number of carbonyl (C=O) groups is 1. The monoisotopic (exact) mass is 221 g/mol. The molecule has 0 bridgehead atoms. The minimum atomic E-state index is -0.373. The van der Waals surface area contributed by atoms with Gasteiger partial charge in [0.25, 0.3) is 0 Å². The number of anilines is 1. The zero-order chi connectivity index (χ0) is 12.1. The number of ether oxygens (including phenoxy) is 1. The van der Waals surface area contributed by atoms with Crippen molar-refractivity contribution in [3.63, 3.8) is 0 Å². The summed E-state index contributed by atoms with van der Waals surface area (Å²) in [5.74, 6) is 0.857. The van der Waals surface area contributed by atoms with Gasteiger partial charge in [-0.3, -0.25) is 4.79 Å². The maximum absolute atomic E-state index is 11.4. The van der Waals surface area contributed by atoms with E-state index in [0.717, 1.165) is 11.4 Å². The van der Waals surface area contributed by atoms with Gasteiger partial charge in [0.2, 0.25) is 0 Å². The van der Waals surface area contributed by atoms with Crippen LogP contribution < -0.4 is 9.64 Å². The lowest BCUT2D eigenvalue weighted by Crippen LogP contribution is -2.22. The van der Waals surface area contributed by atoms with Crippen molar-refractivity contribution >= 4 is 11.5 Å². The van der Waals surface area contributed by atoms with Crippen molar-refractivity contribution < 1.29 is 9.53 Å². The second-order valence-electron chi connectivity index (χ2n) is 3.97. The third-order valence-corrected chi connectivity index (χ3v) is 2.45. The molecule has 1 aromatic rings. The Bertz CT molecular complexity index is 361. The van der Waals surface area contributed by atoms with E-state index in [9.17, 15) is 4.79 Å². The van der Waals surface area contributed by atoms with E-state index < -0.39 is 0 Å². The summed E-state index contributed by atoms with van der Waals surface area (Å²) >= 11 is 0. The first-order valence-corrected chi connectivity index (χ1v) is 5.51.